The van der Waals surface area contributed by atoms with Crippen molar-refractivity contribution in [1.82, 2.24) is 5.32 Å². The second kappa shape index (κ2) is 8.39. The number of aliphatic hydroxyl groups is 1. The summed E-state index contributed by atoms with van der Waals surface area (Å²) in [6.45, 7) is 0.608. The van der Waals surface area contributed by atoms with Crippen LogP contribution in [0.2, 0.25) is 0 Å². The lowest BCUT2D eigenvalue weighted by atomic mass is 10.0. The number of hydrogen-bond acceptors (Lipinski definition) is 5. The van der Waals surface area contributed by atoms with Crippen LogP contribution >= 0.6 is 0 Å². The topological polar surface area (TPSA) is 75.6 Å². The molecule has 1 aromatic carbocycles. The standard InChI is InChI=1S/C14H12F5NO4/c1-2-24-14(23)6(5-20-3-4-21)13(22)7-8(15)10(17)12(19)11(18)9(7)16/h5,20-21H,2-4H2,1H3/b6-5-. The highest BCUT2D eigenvalue weighted by Crippen LogP contribution is 2.25. The van der Waals surface area contributed by atoms with Gasteiger partial charge in [-0.1, -0.05) is 0 Å². The molecular formula is C14H12F5NO4. The molecule has 0 saturated carbocycles. The summed E-state index contributed by atoms with van der Waals surface area (Å²) >= 11 is 0. The Balaban J connectivity index is 3.44. The number of benzene rings is 1. The third-order valence-corrected chi connectivity index (χ3v) is 2.68. The Morgan fingerprint density at radius 1 is 1.04 bits per heavy atom. The van der Waals surface area contributed by atoms with Crippen molar-refractivity contribution < 1.29 is 41.4 Å². The van der Waals surface area contributed by atoms with Gasteiger partial charge in [0.25, 0.3) is 0 Å². The minimum absolute atomic E-state index is 0.146. The smallest absolute Gasteiger partial charge is 0.343 e. The fourth-order valence-electron chi connectivity index (χ4n) is 1.60. The second-order valence-corrected chi connectivity index (χ2v) is 4.23. The lowest BCUT2D eigenvalue weighted by molar-refractivity contribution is -0.138. The summed E-state index contributed by atoms with van der Waals surface area (Å²) < 4.78 is 71.2. The van der Waals surface area contributed by atoms with Gasteiger partial charge in [0.15, 0.2) is 23.3 Å². The highest BCUT2D eigenvalue weighted by molar-refractivity contribution is 6.24. The predicted octanol–water partition coefficient (Wildman–Crippen LogP) is 1.59. The second-order valence-electron chi connectivity index (χ2n) is 4.23. The van der Waals surface area contributed by atoms with E-state index in [0.29, 0.717) is 6.20 Å². The van der Waals surface area contributed by atoms with E-state index in [4.69, 9.17) is 5.11 Å². The molecule has 0 atom stereocenters. The lowest BCUT2D eigenvalue weighted by Gasteiger charge is -2.10. The van der Waals surface area contributed by atoms with Crippen molar-refractivity contribution in [2.45, 2.75) is 6.92 Å². The SMILES string of the molecule is CCOC(=O)/C(=C\NCCO)C(=O)c1c(F)c(F)c(F)c(F)c1F. The van der Waals surface area contributed by atoms with Crippen molar-refractivity contribution in [3.63, 3.8) is 0 Å². The zero-order valence-electron chi connectivity index (χ0n) is 12.3. The van der Waals surface area contributed by atoms with Crippen molar-refractivity contribution in [3.8, 4) is 0 Å². The molecule has 10 heteroatoms. The number of carbonyl (C=O) groups excluding carboxylic acids is 2. The van der Waals surface area contributed by atoms with Crippen molar-refractivity contribution in [3.05, 3.63) is 46.4 Å². The number of halogens is 5. The van der Waals surface area contributed by atoms with E-state index >= 15 is 0 Å². The first-order valence-corrected chi connectivity index (χ1v) is 6.55. The Hall–Kier alpha value is -2.49. The molecule has 0 aliphatic carbocycles. The number of esters is 1. The molecule has 0 fully saturated rings. The third kappa shape index (κ3) is 3.88. The fraction of sp³-hybridized carbons (Fsp3) is 0.286. The molecule has 0 radical (unpaired) electrons. The number of ether oxygens (including phenoxy) is 1. The van der Waals surface area contributed by atoms with E-state index in [1.807, 2.05) is 0 Å². The molecule has 0 aliphatic rings. The number of nitrogens with one attached hydrogen (secondary N) is 1. The van der Waals surface area contributed by atoms with Crippen LogP contribution in [-0.4, -0.2) is 36.6 Å². The summed E-state index contributed by atoms with van der Waals surface area (Å²) in [5.74, 6) is -14.9. The van der Waals surface area contributed by atoms with E-state index in [2.05, 4.69) is 10.1 Å². The number of Topliss-reactive ketones (excluding diaryl/α,β-unsaturated/α-hetero) is 1. The van der Waals surface area contributed by atoms with Gasteiger partial charge >= 0.3 is 5.97 Å². The molecule has 2 N–H and O–H groups in total. The Morgan fingerprint density at radius 2 is 1.54 bits per heavy atom. The molecule has 0 bridgehead atoms. The number of ketones is 1. The average Bonchev–Trinajstić information content (AvgIpc) is 2.55. The van der Waals surface area contributed by atoms with Crippen molar-refractivity contribution in [1.29, 1.82) is 0 Å². The molecule has 0 heterocycles. The van der Waals surface area contributed by atoms with Crippen molar-refractivity contribution in [2.75, 3.05) is 19.8 Å². The Kier molecular flexibility index (Phi) is 6.83. The van der Waals surface area contributed by atoms with Crippen LogP contribution in [0.3, 0.4) is 0 Å². The first-order valence-electron chi connectivity index (χ1n) is 6.55. The van der Waals surface area contributed by atoms with Crippen LogP contribution in [0, 0.1) is 29.1 Å². The fourth-order valence-corrected chi connectivity index (χ4v) is 1.60. The summed E-state index contributed by atoms with van der Waals surface area (Å²) in [7, 11) is 0. The van der Waals surface area contributed by atoms with Gasteiger partial charge in [0.05, 0.1) is 13.2 Å². The molecule has 0 spiro atoms. The highest BCUT2D eigenvalue weighted by Gasteiger charge is 2.33. The maximum atomic E-state index is 13.7. The molecule has 0 unspecified atom stereocenters. The van der Waals surface area contributed by atoms with E-state index < -0.39 is 58.6 Å². The highest BCUT2D eigenvalue weighted by atomic mass is 19.2. The number of aliphatic hydroxyl groups excluding tert-OH is 1. The van der Waals surface area contributed by atoms with E-state index in [9.17, 15) is 31.5 Å². The van der Waals surface area contributed by atoms with Crippen LogP contribution in [0.15, 0.2) is 11.8 Å². The molecule has 132 valence electrons. The van der Waals surface area contributed by atoms with Crippen LogP contribution in [0.4, 0.5) is 22.0 Å². The van der Waals surface area contributed by atoms with E-state index in [1.165, 1.54) is 6.92 Å². The summed E-state index contributed by atoms with van der Waals surface area (Å²) in [6.07, 6.45) is 0.661. The maximum absolute atomic E-state index is 13.7. The first-order chi connectivity index (χ1) is 11.3. The van der Waals surface area contributed by atoms with Gasteiger partial charge in [-0.15, -0.1) is 0 Å². The molecule has 1 aromatic rings. The first kappa shape index (κ1) is 19.6. The largest absolute Gasteiger partial charge is 0.462 e. The third-order valence-electron chi connectivity index (χ3n) is 2.68. The van der Waals surface area contributed by atoms with Gasteiger partial charge < -0.3 is 15.2 Å². The maximum Gasteiger partial charge on any atom is 0.343 e. The zero-order valence-corrected chi connectivity index (χ0v) is 12.3. The molecular weight excluding hydrogens is 341 g/mol. The summed E-state index contributed by atoms with van der Waals surface area (Å²) in [6, 6.07) is 0. The summed E-state index contributed by atoms with van der Waals surface area (Å²) in [5.41, 5.74) is -2.77. The molecule has 5 nitrogen and oxygen atoms in total. The lowest BCUT2D eigenvalue weighted by Crippen LogP contribution is -2.23. The van der Waals surface area contributed by atoms with Gasteiger partial charge in [-0.3, -0.25) is 4.79 Å². The van der Waals surface area contributed by atoms with Gasteiger partial charge in [0, 0.05) is 12.7 Å². The quantitative estimate of drug-likeness (QED) is 0.0896. The van der Waals surface area contributed by atoms with Crippen LogP contribution in [0.5, 0.6) is 0 Å². The molecule has 0 aliphatic heterocycles. The minimum atomic E-state index is -2.43. The predicted molar refractivity (Wildman–Crippen MR) is 70.4 cm³/mol. The molecule has 1 rings (SSSR count). The summed E-state index contributed by atoms with van der Waals surface area (Å²) in [5, 5.41) is 10.9. The van der Waals surface area contributed by atoms with E-state index in [0.717, 1.165) is 0 Å². The Labute approximate surface area is 132 Å². The van der Waals surface area contributed by atoms with Gasteiger partial charge in [-0.25, -0.2) is 26.7 Å². The van der Waals surface area contributed by atoms with Crippen LogP contribution < -0.4 is 5.32 Å². The van der Waals surface area contributed by atoms with E-state index in [-0.39, 0.29) is 13.2 Å². The zero-order chi connectivity index (χ0) is 18.4. The molecule has 0 amide bonds. The average molecular weight is 353 g/mol. The molecule has 24 heavy (non-hydrogen) atoms. The van der Waals surface area contributed by atoms with Crippen molar-refractivity contribution >= 4 is 11.8 Å². The van der Waals surface area contributed by atoms with E-state index in [1.54, 1.807) is 0 Å². The van der Waals surface area contributed by atoms with Gasteiger partial charge in [-0.05, 0) is 6.92 Å². The number of carbonyl (C=O) groups is 2. The van der Waals surface area contributed by atoms with Crippen LogP contribution in [0.25, 0.3) is 0 Å². The number of hydrogen-bond donors (Lipinski definition) is 2. The Morgan fingerprint density at radius 3 is 2.00 bits per heavy atom. The minimum Gasteiger partial charge on any atom is -0.462 e. The molecule has 0 aromatic heterocycles. The van der Waals surface area contributed by atoms with Crippen molar-refractivity contribution in [2.24, 2.45) is 0 Å². The van der Waals surface area contributed by atoms with Crippen LogP contribution in [-0.2, 0) is 9.53 Å². The monoisotopic (exact) mass is 353 g/mol. The Bertz CT molecular complexity index is 661. The van der Waals surface area contributed by atoms with Gasteiger partial charge in [-0.2, -0.15) is 0 Å². The summed E-state index contributed by atoms with van der Waals surface area (Å²) in [4.78, 5) is 23.8. The van der Waals surface area contributed by atoms with Crippen LogP contribution in [0.1, 0.15) is 17.3 Å². The molecule has 0 saturated heterocycles. The number of rotatable bonds is 7. The van der Waals surface area contributed by atoms with Gasteiger partial charge in [0.2, 0.25) is 11.6 Å². The normalized spacial score (nSPS) is 11.4. The van der Waals surface area contributed by atoms with Gasteiger partial charge in [0.1, 0.15) is 11.1 Å².